The highest BCUT2D eigenvalue weighted by atomic mass is 32.1. The van der Waals surface area contributed by atoms with Crippen LogP contribution < -0.4 is 5.32 Å². The van der Waals surface area contributed by atoms with Crippen LogP contribution in [0.3, 0.4) is 0 Å². The molecular weight excluding hydrogens is 224 g/mol. The monoisotopic (exact) mass is 240 g/mol. The second-order valence-corrected chi connectivity index (χ2v) is 5.06. The maximum absolute atomic E-state index is 11.6. The largest absolute Gasteiger partial charge is 0.388 e. The lowest BCUT2D eigenvalue weighted by Gasteiger charge is -2.31. The molecule has 1 aromatic heterocycles. The normalized spacial score (nSPS) is 19.3. The fourth-order valence-corrected chi connectivity index (χ4v) is 2.58. The lowest BCUT2D eigenvalue weighted by atomic mass is 9.85. The summed E-state index contributed by atoms with van der Waals surface area (Å²) in [4.78, 5) is 15.5. The Morgan fingerprint density at radius 1 is 1.50 bits per heavy atom. The van der Waals surface area contributed by atoms with E-state index in [0.29, 0.717) is 12.2 Å². The number of thiazole rings is 1. The summed E-state index contributed by atoms with van der Waals surface area (Å²) in [6.45, 7) is 0.337. The van der Waals surface area contributed by atoms with Gasteiger partial charge in [0.15, 0.2) is 0 Å². The molecule has 1 heterocycles. The second kappa shape index (κ2) is 4.93. The number of nitrogens with zero attached hydrogens (tertiary/aromatic N) is 1. The minimum Gasteiger partial charge on any atom is -0.388 e. The SMILES string of the molecule is O=C(NCC1(O)CCCCC1)c1cscn1. The summed E-state index contributed by atoms with van der Waals surface area (Å²) >= 11 is 1.39. The summed E-state index contributed by atoms with van der Waals surface area (Å²) < 4.78 is 0. The summed E-state index contributed by atoms with van der Waals surface area (Å²) in [6.07, 6.45) is 4.84. The Kier molecular flexibility index (Phi) is 3.56. The van der Waals surface area contributed by atoms with Crippen LogP contribution in [-0.4, -0.2) is 28.1 Å². The molecule has 16 heavy (non-hydrogen) atoms. The Hall–Kier alpha value is -0.940. The van der Waals surface area contributed by atoms with Crippen molar-refractivity contribution < 1.29 is 9.90 Å². The van der Waals surface area contributed by atoms with Crippen LogP contribution in [0.1, 0.15) is 42.6 Å². The molecule has 1 fully saturated rings. The van der Waals surface area contributed by atoms with Crippen LogP contribution >= 0.6 is 11.3 Å². The summed E-state index contributed by atoms with van der Waals surface area (Å²) in [7, 11) is 0. The summed E-state index contributed by atoms with van der Waals surface area (Å²) in [5, 5.41) is 14.6. The van der Waals surface area contributed by atoms with E-state index in [0.717, 1.165) is 25.7 Å². The number of aromatic nitrogens is 1. The predicted octanol–water partition coefficient (Wildman–Crippen LogP) is 1.57. The number of carbonyl (C=O) groups is 1. The van der Waals surface area contributed by atoms with Gasteiger partial charge in [0.25, 0.3) is 5.91 Å². The van der Waals surface area contributed by atoms with E-state index >= 15 is 0 Å². The number of rotatable bonds is 3. The molecule has 0 radical (unpaired) electrons. The van der Waals surface area contributed by atoms with E-state index in [9.17, 15) is 9.90 Å². The Bertz CT molecular complexity index is 345. The van der Waals surface area contributed by atoms with Gasteiger partial charge in [0, 0.05) is 11.9 Å². The van der Waals surface area contributed by atoms with E-state index < -0.39 is 5.60 Å². The highest BCUT2D eigenvalue weighted by Gasteiger charge is 2.29. The van der Waals surface area contributed by atoms with Gasteiger partial charge in [-0.3, -0.25) is 4.79 Å². The first-order chi connectivity index (χ1) is 7.70. The van der Waals surface area contributed by atoms with Gasteiger partial charge >= 0.3 is 0 Å². The minimum atomic E-state index is -0.704. The van der Waals surface area contributed by atoms with Crippen molar-refractivity contribution in [2.24, 2.45) is 0 Å². The van der Waals surface area contributed by atoms with Crippen LogP contribution in [0.4, 0.5) is 0 Å². The predicted molar refractivity (Wildman–Crippen MR) is 62.5 cm³/mol. The number of hydrogen-bond acceptors (Lipinski definition) is 4. The molecule has 1 aromatic rings. The first-order valence-corrected chi connectivity index (χ1v) is 6.53. The smallest absolute Gasteiger partial charge is 0.270 e. The average Bonchev–Trinajstić information content (AvgIpc) is 2.80. The Labute approximate surface area is 98.7 Å². The third kappa shape index (κ3) is 2.80. The maximum Gasteiger partial charge on any atom is 0.270 e. The number of aliphatic hydroxyl groups is 1. The van der Waals surface area contributed by atoms with Crippen LogP contribution in [0.2, 0.25) is 0 Å². The Morgan fingerprint density at radius 3 is 2.88 bits per heavy atom. The molecule has 0 saturated heterocycles. The zero-order valence-electron chi connectivity index (χ0n) is 9.11. The topological polar surface area (TPSA) is 62.2 Å². The van der Waals surface area contributed by atoms with Crippen LogP contribution in [0, 0.1) is 0 Å². The highest BCUT2D eigenvalue weighted by molar-refractivity contribution is 7.07. The van der Waals surface area contributed by atoms with Crippen molar-refractivity contribution in [1.29, 1.82) is 0 Å². The van der Waals surface area contributed by atoms with E-state index in [1.165, 1.54) is 17.8 Å². The summed E-state index contributed by atoms with van der Waals surface area (Å²) in [6, 6.07) is 0. The third-order valence-electron chi connectivity index (χ3n) is 3.03. The fourth-order valence-electron chi connectivity index (χ4n) is 2.05. The maximum atomic E-state index is 11.6. The molecule has 2 N–H and O–H groups in total. The molecule has 2 rings (SSSR count). The number of amides is 1. The van der Waals surface area contributed by atoms with Crippen molar-refractivity contribution in [3.05, 3.63) is 16.6 Å². The standard InChI is InChI=1S/C11H16N2O2S/c14-10(9-6-16-8-13-9)12-7-11(15)4-2-1-3-5-11/h6,8,15H,1-5,7H2,(H,12,14). The minimum absolute atomic E-state index is 0.194. The molecule has 4 nitrogen and oxygen atoms in total. The van der Waals surface area contributed by atoms with Gasteiger partial charge in [-0.1, -0.05) is 19.3 Å². The zero-order valence-corrected chi connectivity index (χ0v) is 9.92. The molecule has 0 aromatic carbocycles. The fraction of sp³-hybridized carbons (Fsp3) is 0.636. The van der Waals surface area contributed by atoms with E-state index in [1.807, 2.05) is 0 Å². The molecule has 5 heteroatoms. The molecule has 0 bridgehead atoms. The van der Waals surface area contributed by atoms with Crippen molar-refractivity contribution in [3.8, 4) is 0 Å². The molecule has 88 valence electrons. The highest BCUT2D eigenvalue weighted by Crippen LogP contribution is 2.27. The van der Waals surface area contributed by atoms with Crippen LogP contribution in [0.25, 0.3) is 0 Å². The van der Waals surface area contributed by atoms with Crippen molar-refractivity contribution in [1.82, 2.24) is 10.3 Å². The van der Waals surface area contributed by atoms with Gasteiger partial charge in [0.05, 0.1) is 11.1 Å². The number of hydrogen-bond donors (Lipinski definition) is 2. The van der Waals surface area contributed by atoms with Crippen molar-refractivity contribution >= 4 is 17.2 Å². The summed E-state index contributed by atoms with van der Waals surface area (Å²) in [5.41, 5.74) is 1.36. The van der Waals surface area contributed by atoms with Crippen LogP contribution in [-0.2, 0) is 0 Å². The summed E-state index contributed by atoms with van der Waals surface area (Å²) in [5.74, 6) is -0.194. The molecule has 0 atom stereocenters. The van der Waals surface area contributed by atoms with Gasteiger partial charge in [-0.15, -0.1) is 11.3 Å². The Morgan fingerprint density at radius 2 is 2.25 bits per heavy atom. The van der Waals surface area contributed by atoms with Crippen LogP contribution in [0.15, 0.2) is 10.9 Å². The van der Waals surface area contributed by atoms with Gasteiger partial charge in [-0.2, -0.15) is 0 Å². The Balaban J connectivity index is 1.84. The molecule has 0 spiro atoms. The number of carbonyl (C=O) groups excluding carboxylic acids is 1. The van der Waals surface area contributed by atoms with Crippen molar-refractivity contribution in [2.45, 2.75) is 37.7 Å². The number of nitrogens with one attached hydrogen (secondary N) is 1. The third-order valence-corrected chi connectivity index (χ3v) is 3.61. The first-order valence-electron chi connectivity index (χ1n) is 5.58. The molecular formula is C11H16N2O2S. The van der Waals surface area contributed by atoms with Gasteiger partial charge in [-0.05, 0) is 12.8 Å². The molecule has 1 amide bonds. The molecule has 1 aliphatic rings. The van der Waals surface area contributed by atoms with E-state index in [1.54, 1.807) is 10.9 Å². The first kappa shape index (κ1) is 11.5. The van der Waals surface area contributed by atoms with Gasteiger partial charge < -0.3 is 10.4 Å². The zero-order chi connectivity index (χ0) is 11.4. The molecule has 0 aliphatic heterocycles. The van der Waals surface area contributed by atoms with Crippen molar-refractivity contribution in [2.75, 3.05) is 6.54 Å². The van der Waals surface area contributed by atoms with E-state index in [2.05, 4.69) is 10.3 Å². The second-order valence-electron chi connectivity index (χ2n) is 4.34. The van der Waals surface area contributed by atoms with Gasteiger partial charge in [-0.25, -0.2) is 4.98 Å². The average molecular weight is 240 g/mol. The van der Waals surface area contributed by atoms with Gasteiger partial charge in [0.2, 0.25) is 0 Å². The molecule has 1 aliphatic carbocycles. The molecule has 0 unspecified atom stereocenters. The van der Waals surface area contributed by atoms with E-state index in [4.69, 9.17) is 0 Å². The van der Waals surface area contributed by atoms with Gasteiger partial charge in [0.1, 0.15) is 5.69 Å². The van der Waals surface area contributed by atoms with Crippen LogP contribution in [0.5, 0.6) is 0 Å². The molecule has 1 saturated carbocycles. The quantitative estimate of drug-likeness (QED) is 0.843. The lowest BCUT2D eigenvalue weighted by molar-refractivity contribution is 0.00522. The van der Waals surface area contributed by atoms with E-state index in [-0.39, 0.29) is 5.91 Å². The van der Waals surface area contributed by atoms with Crippen molar-refractivity contribution in [3.63, 3.8) is 0 Å². The lowest BCUT2D eigenvalue weighted by Crippen LogP contribution is -2.44.